The molecule has 4 nitrogen and oxygen atoms in total. The Morgan fingerprint density at radius 2 is 1.89 bits per heavy atom. The zero-order valence-corrected chi connectivity index (χ0v) is 11.8. The molecule has 0 aliphatic carbocycles. The molecule has 0 saturated carbocycles. The quantitative estimate of drug-likeness (QED) is 0.843. The van der Waals surface area contributed by atoms with Gasteiger partial charge in [-0.2, -0.15) is 0 Å². The third kappa shape index (κ3) is 3.07. The van der Waals surface area contributed by atoms with Gasteiger partial charge in [-0.1, -0.05) is 13.8 Å². The molecule has 1 aromatic carbocycles. The molecule has 0 aliphatic heterocycles. The van der Waals surface area contributed by atoms with Crippen LogP contribution in [-0.4, -0.2) is 39.0 Å². The summed E-state index contributed by atoms with van der Waals surface area (Å²) in [7, 11) is 5.23. The number of aliphatic hydroxyl groups is 1. The van der Waals surface area contributed by atoms with Gasteiger partial charge < -0.3 is 19.5 Å². The Morgan fingerprint density at radius 3 is 2.33 bits per heavy atom. The van der Waals surface area contributed by atoms with E-state index in [9.17, 15) is 5.11 Å². The number of hydrogen-bond acceptors (Lipinski definition) is 4. The predicted octanol–water partition coefficient (Wildman–Crippen LogP) is 2.16. The zero-order chi connectivity index (χ0) is 13.7. The average molecular weight is 253 g/mol. The molecule has 0 amide bonds. The molecular weight excluding hydrogens is 230 g/mol. The third-order valence-electron chi connectivity index (χ3n) is 3.22. The molecule has 1 rings (SSSR count). The van der Waals surface area contributed by atoms with Crippen LogP contribution in [-0.2, 0) is 0 Å². The van der Waals surface area contributed by atoms with Crippen LogP contribution in [0.3, 0.4) is 0 Å². The van der Waals surface area contributed by atoms with Crippen LogP contribution in [0.4, 0.5) is 5.69 Å². The minimum absolute atomic E-state index is 0.0472. The second kappa shape index (κ2) is 6.50. The Bertz CT molecular complexity index is 379. The summed E-state index contributed by atoms with van der Waals surface area (Å²) >= 11 is 0. The Labute approximate surface area is 109 Å². The van der Waals surface area contributed by atoms with Crippen molar-refractivity contribution in [2.24, 2.45) is 5.92 Å². The number of likely N-dealkylation sites (N-methyl/N-ethyl adjacent to an activating group) is 1. The standard InChI is InChI=1S/C14H23NO3/c1-10(2)13(9-16)15(3)12-8-11(17-4)6-7-14(12)18-5/h6-8,10,13,16H,9H2,1-5H3. The van der Waals surface area contributed by atoms with Crippen LogP contribution >= 0.6 is 0 Å². The van der Waals surface area contributed by atoms with Crippen molar-refractivity contribution in [1.82, 2.24) is 0 Å². The summed E-state index contributed by atoms with van der Waals surface area (Å²) < 4.78 is 10.6. The molecule has 1 unspecified atom stereocenters. The highest BCUT2D eigenvalue weighted by molar-refractivity contribution is 5.61. The van der Waals surface area contributed by atoms with Crippen molar-refractivity contribution in [3.05, 3.63) is 18.2 Å². The number of anilines is 1. The molecule has 0 bridgehead atoms. The van der Waals surface area contributed by atoms with E-state index in [1.165, 1.54) is 0 Å². The lowest BCUT2D eigenvalue weighted by atomic mass is 10.0. The number of nitrogens with zero attached hydrogens (tertiary/aromatic N) is 1. The van der Waals surface area contributed by atoms with Crippen LogP contribution in [0.2, 0.25) is 0 Å². The van der Waals surface area contributed by atoms with E-state index in [-0.39, 0.29) is 12.6 Å². The van der Waals surface area contributed by atoms with Crippen molar-refractivity contribution in [2.45, 2.75) is 19.9 Å². The fraction of sp³-hybridized carbons (Fsp3) is 0.571. The SMILES string of the molecule is COc1ccc(OC)c(N(C)C(CO)C(C)C)c1. The summed E-state index contributed by atoms with van der Waals surface area (Å²) in [6.07, 6.45) is 0. The molecule has 102 valence electrons. The van der Waals surface area contributed by atoms with Crippen LogP contribution in [0.5, 0.6) is 11.5 Å². The van der Waals surface area contributed by atoms with Crippen molar-refractivity contribution < 1.29 is 14.6 Å². The fourth-order valence-electron chi connectivity index (χ4n) is 2.03. The highest BCUT2D eigenvalue weighted by atomic mass is 16.5. The molecule has 0 fully saturated rings. The van der Waals surface area contributed by atoms with Gasteiger partial charge in [-0.15, -0.1) is 0 Å². The maximum atomic E-state index is 9.50. The molecule has 0 aromatic heterocycles. The minimum atomic E-state index is 0.0472. The molecule has 0 spiro atoms. The van der Waals surface area contributed by atoms with Gasteiger partial charge in [0.15, 0.2) is 0 Å². The molecule has 0 aliphatic rings. The van der Waals surface area contributed by atoms with E-state index in [4.69, 9.17) is 9.47 Å². The van der Waals surface area contributed by atoms with Crippen LogP contribution in [0.1, 0.15) is 13.8 Å². The number of benzene rings is 1. The lowest BCUT2D eigenvalue weighted by Gasteiger charge is -2.32. The first kappa shape index (κ1) is 14.6. The highest BCUT2D eigenvalue weighted by Gasteiger charge is 2.21. The van der Waals surface area contributed by atoms with E-state index >= 15 is 0 Å². The summed E-state index contributed by atoms with van der Waals surface area (Å²) in [5.41, 5.74) is 0.921. The zero-order valence-electron chi connectivity index (χ0n) is 11.8. The van der Waals surface area contributed by atoms with E-state index in [1.54, 1.807) is 14.2 Å². The van der Waals surface area contributed by atoms with Crippen molar-refractivity contribution in [3.8, 4) is 11.5 Å². The van der Waals surface area contributed by atoms with Gasteiger partial charge in [0.1, 0.15) is 11.5 Å². The van der Waals surface area contributed by atoms with Crippen LogP contribution in [0.15, 0.2) is 18.2 Å². The molecule has 18 heavy (non-hydrogen) atoms. The van der Waals surface area contributed by atoms with Crippen molar-refractivity contribution in [3.63, 3.8) is 0 Å². The minimum Gasteiger partial charge on any atom is -0.497 e. The number of rotatable bonds is 6. The van der Waals surface area contributed by atoms with Crippen LogP contribution in [0, 0.1) is 5.92 Å². The van der Waals surface area contributed by atoms with E-state index in [2.05, 4.69) is 13.8 Å². The summed E-state index contributed by atoms with van der Waals surface area (Å²) in [4.78, 5) is 2.03. The molecule has 0 saturated heterocycles. The molecule has 4 heteroatoms. The Hall–Kier alpha value is -1.42. The summed E-state index contributed by atoms with van der Waals surface area (Å²) in [5.74, 6) is 1.89. The maximum Gasteiger partial charge on any atom is 0.142 e. The second-order valence-corrected chi connectivity index (χ2v) is 4.64. The second-order valence-electron chi connectivity index (χ2n) is 4.64. The molecule has 1 atom stereocenters. The van der Waals surface area contributed by atoms with Gasteiger partial charge in [-0.05, 0) is 18.1 Å². The number of hydrogen-bond donors (Lipinski definition) is 1. The van der Waals surface area contributed by atoms with Gasteiger partial charge in [0.25, 0.3) is 0 Å². The lowest BCUT2D eigenvalue weighted by Crippen LogP contribution is -2.39. The van der Waals surface area contributed by atoms with Crippen molar-refractivity contribution >= 4 is 5.69 Å². The van der Waals surface area contributed by atoms with Gasteiger partial charge in [0, 0.05) is 13.1 Å². The third-order valence-corrected chi connectivity index (χ3v) is 3.22. The van der Waals surface area contributed by atoms with Gasteiger partial charge in [-0.3, -0.25) is 0 Å². The summed E-state index contributed by atoms with van der Waals surface area (Å²) in [5, 5.41) is 9.50. The average Bonchev–Trinajstić information content (AvgIpc) is 2.38. The molecule has 1 aromatic rings. The first-order chi connectivity index (χ1) is 8.54. The summed E-state index contributed by atoms with van der Waals surface area (Å²) in [6, 6.07) is 5.70. The van der Waals surface area contributed by atoms with E-state index in [0.29, 0.717) is 5.92 Å². The van der Waals surface area contributed by atoms with Gasteiger partial charge in [0.2, 0.25) is 0 Å². The molecule has 0 radical (unpaired) electrons. The monoisotopic (exact) mass is 253 g/mol. The van der Waals surface area contributed by atoms with Crippen molar-refractivity contribution in [1.29, 1.82) is 0 Å². The normalized spacial score (nSPS) is 12.4. The highest BCUT2D eigenvalue weighted by Crippen LogP contribution is 2.33. The van der Waals surface area contributed by atoms with Crippen molar-refractivity contribution in [2.75, 3.05) is 32.8 Å². The number of methoxy groups -OCH3 is 2. The Balaban J connectivity index is 3.12. The fourth-order valence-corrected chi connectivity index (χ4v) is 2.03. The number of aliphatic hydroxyl groups excluding tert-OH is 1. The molecule has 1 N–H and O–H groups in total. The Kier molecular flexibility index (Phi) is 5.28. The van der Waals surface area contributed by atoms with Crippen LogP contribution in [0.25, 0.3) is 0 Å². The Morgan fingerprint density at radius 1 is 1.22 bits per heavy atom. The molecular formula is C14H23NO3. The van der Waals surface area contributed by atoms with Gasteiger partial charge in [-0.25, -0.2) is 0 Å². The van der Waals surface area contributed by atoms with E-state index < -0.39 is 0 Å². The lowest BCUT2D eigenvalue weighted by molar-refractivity contribution is 0.233. The topological polar surface area (TPSA) is 41.9 Å². The first-order valence-electron chi connectivity index (χ1n) is 6.10. The first-order valence-corrected chi connectivity index (χ1v) is 6.10. The molecule has 0 heterocycles. The predicted molar refractivity (Wildman–Crippen MR) is 73.7 cm³/mol. The van der Waals surface area contributed by atoms with E-state index in [1.807, 2.05) is 30.1 Å². The van der Waals surface area contributed by atoms with E-state index in [0.717, 1.165) is 17.2 Å². The smallest absolute Gasteiger partial charge is 0.142 e. The van der Waals surface area contributed by atoms with Crippen LogP contribution < -0.4 is 14.4 Å². The maximum absolute atomic E-state index is 9.50. The van der Waals surface area contributed by atoms with Gasteiger partial charge >= 0.3 is 0 Å². The summed E-state index contributed by atoms with van der Waals surface area (Å²) in [6.45, 7) is 4.28. The van der Waals surface area contributed by atoms with Gasteiger partial charge in [0.05, 0.1) is 32.6 Å². The number of ether oxygens (including phenoxy) is 2. The largest absolute Gasteiger partial charge is 0.497 e.